The van der Waals surface area contributed by atoms with E-state index in [0.717, 1.165) is 51.0 Å². The molecule has 5 nitrogen and oxygen atoms in total. The number of ether oxygens (including phenoxy) is 1. The number of aromatic nitrogens is 1. The number of morpholine rings is 1. The van der Waals surface area contributed by atoms with Crippen LogP contribution in [-0.2, 0) is 11.8 Å². The lowest BCUT2D eigenvalue weighted by Gasteiger charge is -2.33. The molecule has 1 aromatic rings. The van der Waals surface area contributed by atoms with Crippen LogP contribution < -0.4 is 5.32 Å². The van der Waals surface area contributed by atoms with Gasteiger partial charge in [-0.2, -0.15) is 0 Å². The summed E-state index contributed by atoms with van der Waals surface area (Å²) in [5.41, 5.74) is 1.37. The van der Waals surface area contributed by atoms with E-state index in [1.165, 1.54) is 31.4 Å². The summed E-state index contributed by atoms with van der Waals surface area (Å²) in [6.07, 6.45) is 7.12. The van der Waals surface area contributed by atoms with E-state index in [2.05, 4.69) is 45.1 Å². The van der Waals surface area contributed by atoms with Crippen LogP contribution in [0.4, 0.5) is 0 Å². The summed E-state index contributed by atoms with van der Waals surface area (Å²) in [6, 6.07) is 4.77. The maximum absolute atomic E-state index is 5.76. The van der Waals surface area contributed by atoms with Crippen molar-refractivity contribution in [3.63, 3.8) is 0 Å². The number of thiocarbonyl (C=S) groups is 1. The molecule has 0 bridgehead atoms. The van der Waals surface area contributed by atoms with E-state index in [9.17, 15) is 0 Å². The topological polar surface area (TPSA) is 32.7 Å². The van der Waals surface area contributed by atoms with Crippen LogP contribution in [0.2, 0.25) is 0 Å². The molecule has 0 radical (unpaired) electrons. The Labute approximate surface area is 150 Å². The molecule has 2 aliphatic heterocycles. The second kappa shape index (κ2) is 8.83. The molecule has 1 aromatic heterocycles. The van der Waals surface area contributed by atoms with Gasteiger partial charge < -0.3 is 19.5 Å². The Hall–Kier alpha value is -1.11. The van der Waals surface area contributed by atoms with Crippen molar-refractivity contribution in [3.05, 3.63) is 24.0 Å². The van der Waals surface area contributed by atoms with Crippen molar-refractivity contribution in [2.24, 2.45) is 7.05 Å². The quantitative estimate of drug-likeness (QED) is 0.842. The smallest absolute Gasteiger partial charge is 0.169 e. The van der Waals surface area contributed by atoms with E-state index < -0.39 is 0 Å². The molecular formula is C18H30N4OS. The molecule has 24 heavy (non-hydrogen) atoms. The number of hydrogen-bond acceptors (Lipinski definition) is 3. The summed E-state index contributed by atoms with van der Waals surface area (Å²) in [4.78, 5) is 4.85. The van der Waals surface area contributed by atoms with Crippen molar-refractivity contribution >= 4 is 17.3 Å². The van der Waals surface area contributed by atoms with Gasteiger partial charge >= 0.3 is 0 Å². The molecule has 0 unspecified atom stereocenters. The molecule has 2 aliphatic rings. The van der Waals surface area contributed by atoms with Crippen LogP contribution in [0.1, 0.15) is 37.4 Å². The van der Waals surface area contributed by atoms with Gasteiger partial charge in [-0.15, -0.1) is 0 Å². The third-order valence-electron chi connectivity index (χ3n) is 5.15. The molecule has 3 heterocycles. The number of aryl methyl sites for hydroxylation is 1. The fraction of sp³-hybridized carbons (Fsp3) is 0.722. The Morgan fingerprint density at radius 3 is 2.83 bits per heavy atom. The molecule has 2 saturated heterocycles. The van der Waals surface area contributed by atoms with Crippen LogP contribution in [0.5, 0.6) is 0 Å². The Morgan fingerprint density at radius 1 is 1.25 bits per heavy atom. The first-order valence-corrected chi connectivity index (χ1v) is 9.62. The first kappa shape index (κ1) is 17.7. The summed E-state index contributed by atoms with van der Waals surface area (Å²) < 4.78 is 7.64. The summed E-state index contributed by atoms with van der Waals surface area (Å²) >= 11 is 5.76. The Morgan fingerprint density at radius 2 is 2.08 bits per heavy atom. The highest BCUT2D eigenvalue weighted by Crippen LogP contribution is 2.30. The van der Waals surface area contributed by atoms with Gasteiger partial charge in [-0.05, 0) is 37.2 Å². The SMILES string of the molecule is Cn1cccc1[C@H]1CCCCCN1C(=S)NCCN1CCOCC1. The molecule has 3 rings (SSSR count). The van der Waals surface area contributed by atoms with Gasteiger partial charge in [0.15, 0.2) is 5.11 Å². The molecule has 0 aliphatic carbocycles. The highest BCUT2D eigenvalue weighted by molar-refractivity contribution is 7.80. The summed E-state index contributed by atoms with van der Waals surface area (Å²) in [5.74, 6) is 0. The molecule has 0 aromatic carbocycles. The van der Waals surface area contributed by atoms with E-state index >= 15 is 0 Å². The largest absolute Gasteiger partial charge is 0.379 e. The van der Waals surface area contributed by atoms with Crippen molar-refractivity contribution in [3.8, 4) is 0 Å². The summed E-state index contributed by atoms with van der Waals surface area (Å²) in [7, 11) is 2.13. The maximum atomic E-state index is 5.76. The van der Waals surface area contributed by atoms with Gasteiger partial charge in [-0.3, -0.25) is 4.90 Å². The normalized spacial score (nSPS) is 23.0. The van der Waals surface area contributed by atoms with Crippen LogP contribution in [-0.4, -0.2) is 65.4 Å². The van der Waals surface area contributed by atoms with Gasteiger partial charge in [0, 0.05) is 51.7 Å². The van der Waals surface area contributed by atoms with Crippen LogP contribution in [0.15, 0.2) is 18.3 Å². The predicted molar refractivity (Wildman–Crippen MR) is 101 cm³/mol. The fourth-order valence-electron chi connectivity index (χ4n) is 3.73. The third kappa shape index (κ3) is 4.49. The minimum atomic E-state index is 0.399. The average molecular weight is 351 g/mol. The zero-order valence-corrected chi connectivity index (χ0v) is 15.6. The molecule has 1 N–H and O–H groups in total. The van der Waals surface area contributed by atoms with Crippen molar-refractivity contribution < 1.29 is 4.74 Å². The van der Waals surface area contributed by atoms with Crippen molar-refractivity contribution in [2.75, 3.05) is 45.9 Å². The zero-order valence-electron chi connectivity index (χ0n) is 14.7. The highest BCUT2D eigenvalue weighted by atomic mass is 32.1. The third-order valence-corrected chi connectivity index (χ3v) is 5.53. The van der Waals surface area contributed by atoms with Gasteiger partial charge in [0.25, 0.3) is 0 Å². The maximum Gasteiger partial charge on any atom is 0.169 e. The number of nitrogens with zero attached hydrogens (tertiary/aromatic N) is 3. The second-order valence-electron chi connectivity index (χ2n) is 6.79. The minimum Gasteiger partial charge on any atom is -0.379 e. The molecular weight excluding hydrogens is 320 g/mol. The molecule has 0 spiro atoms. The van der Waals surface area contributed by atoms with Crippen molar-refractivity contribution in [2.45, 2.75) is 31.7 Å². The van der Waals surface area contributed by atoms with E-state index in [1.54, 1.807) is 0 Å². The van der Waals surface area contributed by atoms with E-state index in [1.807, 2.05) is 0 Å². The average Bonchev–Trinajstić information content (AvgIpc) is 2.88. The van der Waals surface area contributed by atoms with Gasteiger partial charge in [0.2, 0.25) is 0 Å². The first-order chi connectivity index (χ1) is 11.8. The van der Waals surface area contributed by atoms with E-state index in [-0.39, 0.29) is 0 Å². The molecule has 134 valence electrons. The van der Waals surface area contributed by atoms with Crippen LogP contribution >= 0.6 is 12.2 Å². The Kier molecular flexibility index (Phi) is 6.51. The van der Waals surface area contributed by atoms with Gasteiger partial charge in [0.1, 0.15) is 0 Å². The van der Waals surface area contributed by atoms with Gasteiger partial charge in [-0.25, -0.2) is 0 Å². The van der Waals surface area contributed by atoms with E-state index in [4.69, 9.17) is 17.0 Å². The number of likely N-dealkylation sites (tertiary alicyclic amines) is 1. The summed E-state index contributed by atoms with van der Waals surface area (Å²) in [6.45, 7) is 6.77. The molecule has 0 saturated carbocycles. The summed E-state index contributed by atoms with van der Waals surface area (Å²) in [5, 5.41) is 4.42. The molecule has 0 amide bonds. The standard InChI is InChI=1S/C18H30N4OS/c1-20-9-5-7-16(20)17-6-3-2-4-10-22(17)18(24)19-8-11-21-12-14-23-15-13-21/h5,7,9,17H,2-4,6,8,10-15H2,1H3,(H,19,24)/t17-/m1/s1. The van der Waals surface area contributed by atoms with Crippen LogP contribution in [0.3, 0.4) is 0 Å². The lowest BCUT2D eigenvalue weighted by atomic mass is 10.1. The Bertz CT molecular complexity index is 527. The van der Waals surface area contributed by atoms with Gasteiger partial charge in [-0.1, -0.05) is 12.8 Å². The molecule has 1 atom stereocenters. The first-order valence-electron chi connectivity index (χ1n) is 9.21. The molecule has 6 heteroatoms. The van der Waals surface area contributed by atoms with Crippen LogP contribution in [0.25, 0.3) is 0 Å². The van der Waals surface area contributed by atoms with Crippen LogP contribution in [0, 0.1) is 0 Å². The number of nitrogens with one attached hydrogen (secondary N) is 1. The minimum absolute atomic E-state index is 0.399. The number of hydrogen-bond donors (Lipinski definition) is 1. The molecule has 2 fully saturated rings. The van der Waals surface area contributed by atoms with Gasteiger partial charge in [0.05, 0.1) is 19.3 Å². The van der Waals surface area contributed by atoms with E-state index in [0.29, 0.717) is 6.04 Å². The Balaban J connectivity index is 1.56. The monoisotopic (exact) mass is 350 g/mol. The van der Waals surface area contributed by atoms with Crippen molar-refractivity contribution in [1.29, 1.82) is 0 Å². The highest BCUT2D eigenvalue weighted by Gasteiger charge is 2.26. The predicted octanol–water partition coefficient (Wildman–Crippen LogP) is 2.15. The van der Waals surface area contributed by atoms with Crippen molar-refractivity contribution in [1.82, 2.24) is 19.7 Å². The number of rotatable bonds is 4. The lowest BCUT2D eigenvalue weighted by Crippen LogP contribution is -2.46. The lowest BCUT2D eigenvalue weighted by molar-refractivity contribution is 0.0388. The zero-order chi connectivity index (χ0) is 16.8. The second-order valence-corrected chi connectivity index (χ2v) is 7.18. The fourth-order valence-corrected chi connectivity index (χ4v) is 4.05.